The molecule has 148 valence electrons. The molecule has 1 fully saturated rings. The SMILES string of the molecule is CC(C1CC1)N(CC(F)(F)F)C(=O)Cn1c(=O)c2c(ncn2C)n(C)c1=O. The summed E-state index contributed by atoms with van der Waals surface area (Å²) in [5.41, 5.74) is -1.31. The molecule has 0 N–H and O–H groups in total. The Morgan fingerprint density at radius 1 is 1.33 bits per heavy atom. The Balaban J connectivity index is 1.99. The number of halogens is 3. The van der Waals surface area contributed by atoms with Crippen molar-refractivity contribution < 1.29 is 18.0 Å². The van der Waals surface area contributed by atoms with Crippen LogP contribution in [-0.2, 0) is 25.4 Å². The molecule has 11 heteroatoms. The van der Waals surface area contributed by atoms with Crippen molar-refractivity contribution in [2.75, 3.05) is 6.54 Å². The number of carbonyl (C=O) groups is 1. The van der Waals surface area contributed by atoms with Gasteiger partial charge in [0.15, 0.2) is 11.2 Å². The van der Waals surface area contributed by atoms with E-state index >= 15 is 0 Å². The Morgan fingerprint density at radius 2 is 1.96 bits per heavy atom. The third-order valence-electron chi connectivity index (χ3n) is 4.96. The molecule has 2 aromatic heterocycles. The lowest BCUT2D eigenvalue weighted by Gasteiger charge is -2.30. The second-order valence-electron chi connectivity index (χ2n) is 6.98. The van der Waals surface area contributed by atoms with E-state index < -0.39 is 42.5 Å². The Bertz CT molecular complexity index is 1000. The van der Waals surface area contributed by atoms with Gasteiger partial charge in [0, 0.05) is 20.1 Å². The minimum atomic E-state index is -4.57. The molecule has 3 rings (SSSR count). The molecule has 0 spiro atoms. The summed E-state index contributed by atoms with van der Waals surface area (Å²) in [6, 6.07) is -0.612. The number of alkyl halides is 3. The maximum atomic E-state index is 13.0. The van der Waals surface area contributed by atoms with Gasteiger partial charge in [0.2, 0.25) is 5.91 Å². The Kier molecular flexibility index (Phi) is 4.64. The van der Waals surface area contributed by atoms with Crippen LogP contribution in [0.1, 0.15) is 19.8 Å². The molecular formula is C16H20F3N5O3. The van der Waals surface area contributed by atoms with Crippen LogP contribution >= 0.6 is 0 Å². The van der Waals surface area contributed by atoms with Crippen molar-refractivity contribution in [3.05, 3.63) is 27.2 Å². The summed E-state index contributed by atoms with van der Waals surface area (Å²) in [4.78, 5) is 42.4. The number of rotatable bonds is 5. The molecule has 1 atom stereocenters. The first-order chi connectivity index (χ1) is 12.5. The standard InChI is InChI=1S/C16H20F3N5O3/c1-9(10-4-5-10)24(7-16(17,18)19)11(25)6-23-14(26)12-13(20-8-21(12)2)22(3)15(23)27/h8-10H,4-7H2,1-3H3. The molecule has 2 heterocycles. The van der Waals surface area contributed by atoms with Crippen LogP contribution in [0.4, 0.5) is 13.2 Å². The van der Waals surface area contributed by atoms with Gasteiger partial charge in [-0.2, -0.15) is 13.2 Å². The number of aromatic nitrogens is 4. The number of nitrogens with zero attached hydrogens (tertiary/aromatic N) is 5. The van der Waals surface area contributed by atoms with Gasteiger partial charge in [-0.1, -0.05) is 0 Å². The van der Waals surface area contributed by atoms with Gasteiger partial charge in [-0.05, 0) is 25.7 Å². The smallest absolute Gasteiger partial charge is 0.329 e. The van der Waals surface area contributed by atoms with Crippen molar-refractivity contribution in [1.82, 2.24) is 23.6 Å². The lowest BCUT2D eigenvalue weighted by molar-refractivity contribution is -0.166. The van der Waals surface area contributed by atoms with Crippen LogP contribution in [-0.4, -0.2) is 48.3 Å². The zero-order valence-corrected chi connectivity index (χ0v) is 15.2. The zero-order valence-electron chi connectivity index (χ0n) is 15.2. The molecule has 1 amide bonds. The van der Waals surface area contributed by atoms with Crippen molar-refractivity contribution in [3.8, 4) is 0 Å². The van der Waals surface area contributed by atoms with E-state index in [2.05, 4.69) is 4.98 Å². The highest BCUT2D eigenvalue weighted by Gasteiger charge is 2.40. The van der Waals surface area contributed by atoms with Gasteiger partial charge < -0.3 is 9.47 Å². The number of hydrogen-bond donors (Lipinski definition) is 0. The summed E-state index contributed by atoms with van der Waals surface area (Å²) in [6.45, 7) is -0.598. The fourth-order valence-electron chi connectivity index (χ4n) is 3.25. The number of carbonyl (C=O) groups excluding carboxylic acids is 1. The largest absolute Gasteiger partial charge is 0.406 e. The monoisotopic (exact) mass is 387 g/mol. The van der Waals surface area contributed by atoms with E-state index in [0.717, 1.165) is 22.3 Å². The van der Waals surface area contributed by atoms with Crippen molar-refractivity contribution in [2.45, 2.75) is 38.5 Å². The molecule has 8 nitrogen and oxygen atoms in total. The van der Waals surface area contributed by atoms with Gasteiger partial charge in [0.05, 0.1) is 6.33 Å². The normalized spacial score (nSPS) is 15.9. The predicted octanol–water partition coefficient (Wildman–Crippen LogP) is 0.623. The highest BCUT2D eigenvalue weighted by atomic mass is 19.4. The predicted molar refractivity (Wildman–Crippen MR) is 90.2 cm³/mol. The van der Waals surface area contributed by atoms with Crippen LogP contribution in [0.3, 0.4) is 0 Å². The van der Waals surface area contributed by atoms with E-state index in [1.165, 1.54) is 17.9 Å². The van der Waals surface area contributed by atoms with Crippen molar-refractivity contribution in [1.29, 1.82) is 0 Å². The summed E-state index contributed by atoms with van der Waals surface area (Å²) in [5.74, 6) is -0.900. The minimum Gasteiger partial charge on any atom is -0.329 e. The minimum absolute atomic E-state index is 0.00964. The maximum absolute atomic E-state index is 13.0. The van der Waals surface area contributed by atoms with Gasteiger partial charge in [0.25, 0.3) is 5.56 Å². The fraction of sp³-hybridized carbons (Fsp3) is 0.625. The van der Waals surface area contributed by atoms with Crippen LogP contribution in [0.5, 0.6) is 0 Å². The summed E-state index contributed by atoms with van der Waals surface area (Å²) in [5, 5.41) is 0. The van der Waals surface area contributed by atoms with E-state index in [4.69, 9.17) is 0 Å². The summed E-state index contributed by atoms with van der Waals surface area (Å²) in [6.07, 6.45) is -1.71. The van der Waals surface area contributed by atoms with Crippen LogP contribution < -0.4 is 11.2 Å². The van der Waals surface area contributed by atoms with E-state index in [-0.39, 0.29) is 17.1 Å². The van der Waals surface area contributed by atoms with E-state index in [9.17, 15) is 27.6 Å². The number of hydrogen-bond acceptors (Lipinski definition) is 4. The van der Waals surface area contributed by atoms with E-state index in [0.29, 0.717) is 4.57 Å². The average Bonchev–Trinajstić information content (AvgIpc) is 3.35. The first-order valence-corrected chi connectivity index (χ1v) is 8.48. The average molecular weight is 387 g/mol. The highest BCUT2D eigenvalue weighted by molar-refractivity contribution is 5.77. The zero-order chi connectivity index (χ0) is 20.1. The summed E-state index contributed by atoms with van der Waals surface area (Å²) in [7, 11) is 2.94. The van der Waals surface area contributed by atoms with Crippen LogP contribution in [0, 0.1) is 5.92 Å². The van der Waals surface area contributed by atoms with Gasteiger partial charge in [-0.15, -0.1) is 0 Å². The first kappa shape index (κ1) is 19.2. The summed E-state index contributed by atoms with van der Waals surface area (Å²) >= 11 is 0. The number of fused-ring (bicyclic) bond motifs is 1. The maximum Gasteiger partial charge on any atom is 0.406 e. The molecule has 1 aliphatic carbocycles. The lowest BCUT2D eigenvalue weighted by Crippen LogP contribution is -2.50. The third-order valence-corrected chi connectivity index (χ3v) is 4.96. The Hall–Kier alpha value is -2.59. The van der Waals surface area contributed by atoms with Gasteiger partial charge >= 0.3 is 11.9 Å². The van der Waals surface area contributed by atoms with Crippen LogP contribution in [0.25, 0.3) is 11.2 Å². The number of imidazole rings is 1. The second kappa shape index (κ2) is 6.54. The molecule has 1 saturated carbocycles. The van der Waals surface area contributed by atoms with Gasteiger partial charge in [0.1, 0.15) is 13.1 Å². The van der Waals surface area contributed by atoms with Crippen molar-refractivity contribution in [3.63, 3.8) is 0 Å². The van der Waals surface area contributed by atoms with Crippen molar-refractivity contribution >= 4 is 17.1 Å². The number of aryl methyl sites for hydroxylation is 2. The van der Waals surface area contributed by atoms with Crippen LogP contribution in [0.15, 0.2) is 15.9 Å². The highest BCUT2D eigenvalue weighted by Crippen LogP contribution is 2.36. The fourth-order valence-corrected chi connectivity index (χ4v) is 3.25. The Morgan fingerprint density at radius 3 is 2.52 bits per heavy atom. The quantitative estimate of drug-likeness (QED) is 0.753. The molecule has 1 aliphatic rings. The second-order valence-corrected chi connectivity index (χ2v) is 6.98. The van der Waals surface area contributed by atoms with Gasteiger partial charge in [-0.25, -0.2) is 14.3 Å². The van der Waals surface area contributed by atoms with E-state index in [1.807, 2.05) is 0 Å². The molecule has 27 heavy (non-hydrogen) atoms. The third kappa shape index (κ3) is 3.62. The Labute approximate surface area is 151 Å². The number of amides is 1. The van der Waals surface area contributed by atoms with Crippen molar-refractivity contribution in [2.24, 2.45) is 20.0 Å². The lowest BCUT2D eigenvalue weighted by atomic mass is 10.1. The molecule has 1 unspecified atom stereocenters. The first-order valence-electron chi connectivity index (χ1n) is 8.48. The van der Waals surface area contributed by atoms with Crippen LogP contribution in [0.2, 0.25) is 0 Å². The molecular weight excluding hydrogens is 367 g/mol. The molecule has 0 saturated heterocycles. The van der Waals surface area contributed by atoms with Gasteiger partial charge in [-0.3, -0.25) is 14.2 Å². The topological polar surface area (TPSA) is 82.1 Å². The molecule has 2 aromatic rings. The molecule has 0 bridgehead atoms. The molecule has 0 aromatic carbocycles. The summed E-state index contributed by atoms with van der Waals surface area (Å²) < 4.78 is 42.0. The van der Waals surface area contributed by atoms with E-state index in [1.54, 1.807) is 14.0 Å². The molecule has 0 radical (unpaired) electrons. The molecule has 0 aliphatic heterocycles.